The number of aliphatic hydroxyl groups is 1. The van der Waals surface area contributed by atoms with Gasteiger partial charge in [-0.3, -0.25) is 4.90 Å². The molecular formula is C34H42N2O3. The van der Waals surface area contributed by atoms with Crippen molar-refractivity contribution in [3.63, 3.8) is 0 Å². The SMILES string of the molecule is CC(=C=COC(=O)N(C(C)C)C(C)C)[C@H](O)[C@H](Cc1ccccc1)N(Cc1ccccc1)Cc1ccccc1. The molecule has 0 aliphatic rings. The minimum absolute atomic E-state index is 0.0151. The Morgan fingerprint density at radius 1 is 0.795 bits per heavy atom. The summed E-state index contributed by atoms with van der Waals surface area (Å²) in [5.74, 6) is 0. The Morgan fingerprint density at radius 3 is 1.67 bits per heavy atom. The summed E-state index contributed by atoms with van der Waals surface area (Å²) < 4.78 is 5.40. The predicted octanol–water partition coefficient (Wildman–Crippen LogP) is 6.98. The standard InChI is InChI=1S/C34H42N2O3/c1-26(2)36(27(3)4)34(38)39-22-21-28(5)33(37)32(23-29-15-9-6-10-16-29)35(24-30-17-11-7-12-18-30)25-31-19-13-8-14-20-31/h6-20,22,26-27,32-33,37H,23-25H2,1-5H3/t21?,32-,33-/m0/s1. The largest absolute Gasteiger partial charge is 0.415 e. The Balaban J connectivity index is 1.92. The summed E-state index contributed by atoms with van der Waals surface area (Å²) in [4.78, 5) is 16.6. The van der Waals surface area contributed by atoms with Gasteiger partial charge in [0.05, 0.1) is 6.10 Å². The molecule has 206 valence electrons. The zero-order valence-corrected chi connectivity index (χ0v) is 23.8. The van der Waals surface area contributed by atoms with Crippen LogP contribution in [0.2, 0.25) is 0 Å². The third-order valence-electron chi connectivity index (χ3n) is 6.79. The smallest absolute Gasteiger partial charge is 0.410 e. The Labute approximate surface area is 234 Å². The van der Waals surface area contributed by atoms with Gasteiger partial charge in [0.25, 0.3) is 0 Å². The van der Waals surface area contributed by atoms with Crippen molar-refractivity contribution in [2.75, 3.05) is 0 Å². The highest BCUT2D eigenvalue weighted by Gasteiger charge is 2.28. The van der Waals surface area contributed by atoms with Crippen LogP contribution in [-0.4, -0.2) is 45.2 Å². The quantitative estimate of drug-likeness (QED) is 0.204. The molecule has 3 aromatic rings. The lowest BCUT2D eigenvalue weighted by molar-refractivity contribution is 0.0604. The van der Waals surface area contributed by atoms with Crippen LogP contribution in [0.25, 0.3) is 0 Å². The fourth-order valence-electron chi connectivity index (χ4n) is 4.85. The second kappa shape index (κ2) is 15.1. The first-order chi connectivity index (χ1) is 18.8. The number of amides is 1. The number of hydrogen-bond donors (Lipinski definition) is 1. The van der Waals surface area contributed by atoms with E-state index in [2.05, 4.69) is 47.0 Å². The van der Waals surface area contributed by atoms with Crippen LogP contribution in [0.4, 0.5) is 4.79 Å². The van der Waals surface area contributed by atoms with Gasteiger partial charge < -0.3 is 14.7 Å². The minimum atomic E-state index is -0.834. The number of benzene rings is 3. The number of carbonyl (C=O) groups excluding carboxylic acids is 1. The summed E-state index contributed by atoms with van der Waals surface area (Å²) in [5.41, 5.74) is 7.13. The van der Waals surface area contributed by atoms with Gasteiger partial charge >= 0.3 is 6.09 Å². The number of aliphatic hydroxyl groups excluding tert-OH is 1. The van der Waals surface area contributed by atoms with Crippen molar-refractivity contribution in [2.45, 2.75) is 78.4 Å². The molecule has 0 aliphatic carbocycles. The van der Waals surface area contributed by atoms with Gasteiger partial charge in [-0.25, -0.2) is 4.79 Å². The molecule has 3 aromatic carbocycles. The number of hydrogen-bond acceptors (Lipinski definition) is 4. The average Bonchev–Trinajstić information content (AvgIpc) is 2.92. The number of carbonyl (C=O) groups is 1. The minimum Gasteiger partial charge on any atom is -0.410 e. The summed E-state index contributed by atoms with van der Waals surface area (Å²) in [6, 6.07) is 30.6. The maximum atomic E-state index is 12.6. The maximum Gasteiger partial charge on any atom is 0.415 e. The van der Waals surface area contributed by atoms with E-state index < -0.39 is 12.2 Å². The van der Waals surface area contributed by atoms with Gasteiger partial charge in [0.15, 0.2) is 0 Å². The monoisotopic (exact) mass is 526 g/mol. The Kier molecular flexibility index (Phi) is 11.6. The van der Waals surface area contributed by atoms with Gasteiger partial charge in [-0.2, -0.15) is 0 Å². The fraction of sp³-hybridized carbons (Fsp3) is 0.353. The summed E-state index contributed by atoms with van der Waals surface area (Å²) >= 11 is 0. The highest BCUT2D eigenvalue weighted by molar-refractivity contribution is 5.69. The molecule has 2 atom stereocenters. The molecule has 39 heavy (non-hydrogen) atoms. The zero-order chi connectivity index (χ0) is 28.2. The van der Waals surface area contributed by atoms with E-state index in [0.717, 1.165) is 5.56 Å². The van der Waals surface area contributed by atoms with Crippen LogP contribution in [0.15, 0.2) is 109 Å². The van der Waals surface area contributed by atoms with Crippen molar-refractivity contribution in [3.05, 3.63) is 125 Å². The molecule has 5 heteroatoms. The molecule has 3 rings (SSSR count). The first-order valence-electron chi connectivity index (χ1n) is 13.7. The van der Waals surface area contributed by atoms with E-state index in [1.165, 1.54) is 17.4 Å². The molecule has 0 heterocycles. The molecular weight excluding hydrogens is 484 g/mol. The first kappa shape index (κ1) is 29.9. The van der Waals surface area contributed by atoms with Crippen LogP contribution in [0.3, 0.4) is 0 Å². The van der Waals surface area contributed by atoms with Crippen molar-refractivity contribution < 1.29 is 14.6 Å². The molecule has 0 spiro atoms. The molecule has 0 saturated carbocycles. The van der Waals surface area contributed by atoms with Crippen LogP contribution in [-0.2, 0) is 24.2 Å². The van der Waals surface area contributed by atoms with Crippen LogP contribution in [0, 0.1) is 0 Å². The van der Waals surface area contributed by atoms with Crippen molar-refractivity contribution in [1.29, 1.82) is 0 Å². The van der Waals surface area contributed by atoms with E-state index in [1.54, 1.807) is 4.90 Å². The van der Waals surface area contributed by atoms with Gasteiger partial charge in [-0.05, 0) is 57.7 Å². The van der Waals surface area contributed by atoms with E-state index in [4.69, 9.17) is 4.74 Å². The lowest BCUT2D eigenvalue weighted by Crippen LogP contribution is -2.45. The second-order valence-electron chi connectivity index (χ2n) is 10.5. The van der Waals surface area contributed by atoms with Crippen molar-refractivity contribution in [3.8, 4) is 0 Å². The molecule has 1 N–H and O–H groups in total. The van der Waals surface area contributed by atoms with Gasteiger partial charge in [0.1, 0.15) is 6.26 Å². The van der Waals surface area contributed by atoms with Gasteiger partial charge in [-0.15, -0.1) is 0 Å². The highest BCUT2D eigenvalue weighted by atomic mass is 16.5. The Hall–Kier alpha value is -3.63. The third kappa shape index (κ3) is 9.26. The molecule has 0 aromatic heterocycles. The lowest BCUT2D eigenvalue weighted by Gasteiger charge is -2.35. The second-order valence-corrected chi connectivity index (χ2v) is 10.5. The molecule has 0 bridgehead atoms. The number of nitrogens with zero attached hydrogens (tertiary/aromatic N) is 2. The van der Waals surface area contributed by atoms with Gasteiger partial charge in [0.2, 0.25) is 0 Å². The van der Waals surface area contributed by atoms with E-state index in [9.17, 15) is 9.90 Å². The predicted molar refractivity (Wildman–Crippen MR) is 158 cm³/mol. The summed E-state index contributed by atoms with van der Waals surface area (Å²) in [7, 11) is 0. The van der Waals surface area contributed by atoms with E-state index >= 15 is 0 Å². The molecule has 0 radical (unpaired) electrons. The molecule has 0 saturated heterocycles. The Bertz CT molecular complexity index is 1150. The van der Waals surface area contributed by atoms with Gasteiger partial charge in [0, 0.05) is 36.8 Å². The molecule has 1 amide bonds. The highest BCUT2D eigenvalue weighted by Crippen LogP contribution is 2.22. The molecule has 5 nitrogen and oxygen atoms in total. The average molecular weight is 527 g/mol. The third-order valence-corrected chi connectivity index (χ3v) is 6.79. The van der Waals surface area contributed by atoms with Gasteiger partial charge in [-0.1, -0.05) is 96.7 Å². The summed E-state index contributed by atoms with van der Waals surface area (Å²) in [6.45, 7) is 11.0. The lowest BCUT2D eigenvalue weighted by atomic mass is 9.94. The van der Waals surface area contributed by atoms with E-state index in [-0.39, 0.29) is 18.1 Å². The van der Waals surface area contributed by atoms with E-state index in [1.807, 2.05) is 89.2 Å². The Morgan fingerprint density at radius 2 is 1.23 bits per heavy atom. The van der Waals surface area contributed by atoms with Crippen LogP contribution < -0.4 is 0 Å². The molecule has 0 unspecified atom stereocenters. The number of ether oxygens (including phenoxy) is 1. The van der Waals surface area contributed by atoms with Crippen molar-refractivity contribution in [1.82, 2.24) is 9.80 Å². The van der Waals surface area contributed by atoms with Crippen molar-refractivity contribution in [2.24, 2.45) is 0 Å². The molecule has 0 fully saturated rings. The molecule has 0 aliphatic heterocycles. The normalized spacial score (nSPS) is 12.6. The maximum absolute atomic E-state index is 12.6. The zero-order valence-electron chi connectivity index (χ0n) is 23.8. The first-order valence-corrected chi connectivity index (χ1v) is 13.7. The topological polar surface area (TPSA) is 53.0 Å². The fourth-order valence-corrected chi connectivity index (χ4v) is 4.85. The van der Waals surface area contributed by atoms with Crippen LogP contribution in [0.1, 0.15) is 51.3 Å². The van der Waals surface area contributed by atoms with E-state index in [0.29, 0.717) is 25.1 Å². The van der Waals surface area contributed by atoms with Crippen LogP contribution >= 0.6 is 0 Å². The number of rotatable bonds is 12. The summed E-state index contributed by atoms with van der Waals surface area (Å²) in [6.07, 6.45) is 0.663. The van der Waals surface area contributed by atoms with Crippen LogP contribution in [0.5, 0.6) is 0 Å². The summed E-state index contributed by atoms with van der Waals surface area (Å²) in [5, 5.41) is 11.7. The van der Waals surface area contributed by atoms with Crippen molar-refractivity contribution >= 4 is 6.09 Å².